The van der Waals surface area contributed by atoms with Crippen molar-refractivity contribution in [3.05, 3.63) is 35.9 Å². The predicted molar refractivity (Wildman–Crippen MR) is 77.0 cm³/mol. The van der Waals surface area contributed by atoms with E-state index in [2.05, 4.69) is 64.2 Å². The average Bonchev–Trinajstić information content (AvgIpc) is 2.17. The Morgan fingerprint density at radius 1 is 1.06 bits per heavy atom. The molecule has 0 amide bonds. The van der Waals surface area contributed by atoms with Gasteiger partial charge < -0.3 is 4.43 Å². The summed E-state index contributed by atoms with van der Waals surface area (Å²) in [5.41, 5.74) is 1.30. The normalized spacial score (nSPS) is 14.1. The average molecular weight is 253 g/mol. The highest BCUT2D eigenvalue weighted by molar-refractivity contribution is 7.19. The Kier molecular flexibility index (Phi) is 4.96. The van der Waals surface area contributed by atoms with Gasteiger partial charge in [-0.15, -0.1) is 0 Å². The minimum absolute atomic E-state index is 0.398. The van der Waals surface area contributed by atoms with Crippen LogP contribution in [0.1, 0.15) is 26.3 Å². The third kappa shape index (κ3) is 4.24. The van der Waals surface area contributed by atoms with E-state index >= 15 is 0 Å². The van der Waals surface area contributed by atoms with E-state index < -0.39 is 16.9 Å². The zero-order valence-corrected chi connectivity index (χ0v) is 13.5. The van der Waals surface area contributed by atoms with E-state index in [1.807, 2.05) is 0 Å². The van der Waals surface area contributed by atoms with Gasteiger partial charge in [-0.2, -0.15) is 0 Å². The molecule has 0 heterocycles. The first-order valence-electron chi connectivity index (χ1n) is 6.07. The van der Waals surface area contributed by atoms with Crippen LogP contribution in [-0.4, -0.2) is 16.9 Å². The van der Waals surface area contributed by atoms with Gasteiger partial charge >= 0.3 is 0 Å². The maximum atomic E-state index is 6.25. The molecule has 3 heteroatoms. The molecule has 0 aliphatic heterocycles. The van der Waals surface area contributed by atoms with Gasteiger partial charge in [0.25, 0.3) is 0 Å². The molecule has 1 rings (SSSR count). The Morgan fingerprint density at radius 2 is 1.62 bits per heavy atom. The van der Waals surface area contributed by atoms with Gasteiger partial charge in [-0.1, -0.05) is 64.2 Å². The summed E-state index contributed by atoms with van der Waals surface area (Å²) in [5, 5.41) is 0.398. The molecule has 0 aromatic heterocycles. The molecule has 1 nitrogen and oxygen atoms in total. The fourth-order valence-corrected chi connectivity index (χ4v) is 12.9. The standard InChI is InChI=1S/C13H24OSi2/c1-13(2,3)16(15(4)5)14-11-12-9-7-6-8-10-12/h6-10,15-16H,11H2,1-5H3. The van der Waals surface area contributed by atoms with Gasteiger partial charge in [-0.05, 0) is 10.6 Å². The lowest BCUT2D eigenvalue weighted by Gasteiger charge is -2.31. The van der Waals surface area contributed by atoms with Crippen molar-refractivity contribution in [3.63, 3.8) is 0 Å². The molecule has 0 bridgehead atoms. The molecule has 1 unspecified atom stereocenters. The SMILES string of the molecule is C[SiH](C)[SiH](OCc1ccccc1)C(C)(C)C. The van der Waals surface area contributed by atoms with E-state index in [0.717, 1.165) is 6.61 Å². The smallest absolute Gasteiger partial charge is 0.167 e. The monoisotopic (exact) mass is 252 g/mol. The van der Waals surface area contributed by atoms with Crippen molar-refractivity contribution in [2.45, 2.75) is 45.5 Å². The Balaban J connectivity index is 2.58. The molecule has 0 saturated heterocycles. The molecular weight excluding hydrogens is 228 g/mol. The predicted octanol–water partition coefficient (Wildman–Crippen LogP) is 3.29. The summed E-state index contributed by atoms with van der Waals surface area (Å²) in [5.74, 6) is 0. The van der Waals surface area contributed by atoms with Gasteiger partial charge in [-0.25, -0.2) is 0 Å². The van der Waals surface area contributed by atoms with E-state index in [-0.39, 0.29) is 0 Å². The van der Waals surface area contributed by atoms with Gasteiger partial charge in [0.1, 0.15) is 0 Å². The minimum Gasteiger partial charge on any atom is -0.419 e. The van der Waals surface area contributed by atoms with Crippen LogP contribution in [-0.2, 0) is 11.0 Å². The Morgan fingerprint density at radius 3 is 2.06 bits per heavy atom. The summed E-state index contributed by atoms with van der Waals surface area (Å²) in [6, 6.07) is 10.5. The summed E-state index contributed by atoms with van der Waals surface area (Å²) in [7, 11) is -1.66. The Labute approximate surface area is 103 Å². The van der Waals surface area contributed by atoms with Crippen LogP contribution in [0.25, 0.3) is 0 Å². The topological polar surface area (TPSA) is 9.23 Å². The number of benzene rings is 1. The second-order valence-electron chi connectivity index (χ2n) is 5.83. The third-order valence-corrected chi connectivity index (χ3v) is 13.4. The van der Waals surface area contributed by atoms with E-state index in [4.69, 9.17) is 4.43 Å². The number of hydrogen-bond donors (Lipinski definition) is 0. The van der Waals surface area contributed by atoms with E-state index in [1.165, 1.54) is 5.56 Å². The fraction of sp³-hybridized carbons (Fsp3) is 0.538. The summed E-state index contributed by atoms with van der Waals surface area (Å²) < 4.78 is 6.25. The quantitative estimate of drug-likeness (QED) is 0.747. The maximum absolute atomic E-state index is 6.25. The van der Waals surface area contributed by atoms with Crippen LogP contribution >= 0.6 is 0 Å². The molecule has 0 aliphatic carbocycles. The van der Waals surface area contributed by atoms with Crippen LogP contribution in [0.3, 0.4) is 0 Å². The molecule has 1 aromatic carbocycles. The van der Waals surface area contributed by atoms with Crippen LogP contribution in [0.2, 0.25) is 18.1 Å². The highest BCUT2D eigenvalue weighted by Crippen LogP contribution is 2.29. The van der Waals surface area contributed by atoms with Crippen molar-refractivity contribution in [1.29, 1.82) is 0 Å². The molecule has 0 radical (unpaired) electrons. The number of hydrogen-bond acceptors (Lipinski definition) is 1. The Hall–Kier alpha value is -0.386. The van der Waals surface area contributed by atoms with Crippen LogP contribution in [0.15, 0.2) is 30.3 Å². The molecule has 0 spiro atoms. The fourth-order valence-electron chi connectivity index (χ4n) is 2.20. The van der Waals surface area contributed by atoms with Crippen molar-refractivity contribution >= 4 is 16.9 Å². The number of rotatable bonds is 4. The molecular formula is C13H24OSi2. The molecule has 90 valence electrons. The van der Waals surface area contributed by atoms with Gasteiger partial charge in [0.05, 0.1) is 14.9 Å². The van der Waals surface area contributed by atoms with Crippen molar-refractivity contribution in [3.8, 4) is 0 Å². The van der Waals surface area contributed by atoms with E-state index in [0.29, 0.717) is 5.04 Å². The zero-order chi connectivity index (χ0) is 12.2. The lowest BCUT2D eigenvalue weighted by Crippen LogP contribution is -2.41. The first-order chi connectivity index (χ1) is 7.41. The van der Waals surface area contributed by atoms with Gasteiger partial charge in [-0.3, -0.25) is 0 Å². The highest BCUT2D eigenvalue weighted by atomic mass is 29.2. The second-order valence-corrected chi connectivity index (χ2v) is 17.0. The largest absolute Gasteiger partial charge is 0.419 e. The zero-order valence-electron chi connectivity index (χ0n) is 11.2. The Bertz CT molecular complexity index is 303. The van der Waals surface area contributed by atoms with Crippen LogP contribution in [0, 0.1) is 0 Å². The maximum Gasteiger partial charge on any atom is 0.167 e. The molecule has 16 heavy (non-hydrogen) atoms. The van der Waals surface area contributed by atoms with Gasteiger partial charge in [0.15, 0.2) is 8.56 Å². The molecule has 0 fully saturated rings. The van der Waals surface area contributed by atoms with Gasteiger partial charge in [0.2, 0.25) is 0 Å². The highest BCUT2D eigenvalue weighted by Gasteiger charge is 2.31. The van der Waals surface area contributed by atoms with Crippen LogP contribution in [0.5, 0.6) is 0 Å². The summed E-state index contributed by atoms with van der Waals surface area (Å²) in [6.45, 7) is 12.7. The van der Waals surface area contributed by atoms with Crippen molar-refractivity contribution in [1.82, 2.24) is 0 Å². The van der Waals surface area contributed by atoms with Gasteiger partial charge in [0, 0.05) is 0 Å². The van der Waals surface area contributed by atoms with Crippen molar-refractivity contribution in [2.24, 2.45) is 0 Å². The lowest BCUT2D eigenvalue weighted by atomic mass is 10.2. The van der Waals surface area contributed by atoms with E-state index in [9.17, 15) is 0 Å². The minimum atomic E-state index is -1.03. The summed E-state index contributed by atoms with van der Waals surface area (Å²) >= 11 is 0. The second kappa shape index (κ2) is 5.80. The summed E-state index contributed by atoms with van der Waals surface area (Å²) in [4.78, 5) is 0. The molecule has 0 N–H and O–H groups in total. The lowest BCUT2D eigenvalue weighted by molar-refractivity contribution is 0.302. The van der Waals surface area contributed by atoms with Crippen molar-refractivity contribution < 1.29 is 4.43 Å². The first-order valence-corrected chi connectivity index (χ1v) is 12.1. The molecule has 0 aliphatic rings. The van der Waals surface area contributed by atoms with Crippen LogP contribution in [0.4, 0.5) is 0 Å². The summed E-state index contributed by atoms with van der Waals surface area (Å²) in [6.07, 6.45) is 0. The van der Waals surface area contributed by atoms with Crippen LogP contribution < -0.4 is 0 Å². The molecule has 1 aromatic rings. The molecule has 1 atom stereocenters. The molecule has 0 saturated carbocycles. The van der Waals surface area contributed by atoms with Crippen molar-refractivity contribution in [2.75, 3.05) is 0 Å². The third-order valence-electron chi connectivity index (χ3n) is 2.73. The van der Waals surface area contributed by atoms with E-state index in [1.54, 1.807) is 0 Å². The first kappa shape index (κ1) is 13.7.